The topological polar surface area (TPSA) is 98.7 Å². The molecular weight excluding hydrogens is 274 g/mol. The zero-order valence-corrected chi connectivity index (χ0v) is 11.5. The van der Waals surface area contributed by atoms with Crippen molar-refractivity contribution in [2.75, 3.05) is 32.7 Å². The minimum Gasteiger partial charge on any atom is -0.478 e. The zero-order valence-electron chi connectivity index (χ0n) is 11.5. The van der Waals surface area contributed by atoms with E-state index in [1.165, 1.54) is 12.1 Å². The second kappa shape index (κ2) is 6.85. The van der Waals surface area contributed by atoms with Gasteiger partial charge in [0.25, 0.3) is 5.91 Å². The van der Waals surface area contributed by atoms with Crippen molar-refractivity contribution in [1.82, 2.24) is 15.5 Å². The fraction of sp³-hybridized carbons (Fsp3) is 0.357. The number of piperazine rings is 1. The van der Waals surface area contributed by atoms with Crippen LogP contribution in [-0.4, -0.2) is 60.5 Å². The smallest absolute Gasteiger partial charge is 0.336 e. The number of nitrogens with one attached hydrogen (secondary N) is 2. The van der Waals surface area contributed by atoms with Gasteiger partial charge in [-0.3, -0.25) is 9.59 Å². The van der Waals surface area contributed by atoms with Gasteiger partial charge in [0.05, 0.1) is 17.7 Å². The highest BCUT2D eigenvalue weighted by Crippen LogP contribution is 2.08. The number of nitrogens with zero attached hydrogens (tertiary/aromatic N) is 1. The molecule has 1 aromatic carbocycles. The standard InChI is InChI=1S/C14H17N3O4/c18-12(17-7-5-15-6-8-17)9-16-13(19)10-3-1-2-4-11(10)14(20)21/h1-4,15H,5-9H2,(H,16,19)(H,20,21). The van der Waals surface area contributed by atoms with Crippen molar-refractivity contribution >= 4 is 17.8 Å². The van der Waals surface area contributed by atoms with Gasteiger partial charge >= 0.3 is 5.97 Å². The highest BCUT2D eigenvalue weighted by Gasteiger charge is 2.19. The van der Waals surface area contributed by atoms with E-state index < -0.39 is 11.9 Å². The Balaban J connectivity index is 1.95. The monoisotopic (exact) mass is 291 g/mol. The third-order valence-corrected chi connectivity index (χ3v) is 3.27. The molecule has 1 saturated heterocycles. The molecule has 0 saturated carbocycles. The molecular formula is C14H17N3O4. The number of rotatable bonds is 4. The number of carboxylic acids is 1. The molecule has 0 bridgehead atoms. The Morgan fingerprint density at radius 3 is 2.38 bits per heavy atom. The van der Waals surface area contributed by atoms with Crippen molar-refractivity contribution in [3.8, 4) is 0 Å². The van der Waals surface area contributed by atoms with Gasteiger partial charge in [0.15, 0.2) is 0 Å². The Morgan fingerprint density at radius 2 is 1.76 bits per heavy atom. The maximum Gasteiger partial charge on any atom is 0.336 e. The quantitative estimate of drug-likeness (QED) is 0.697. The van der Waals surface area contributed by atoms with E-state index in [4.69, 9.17) is 5.11 Å². The number of carbonyl (C=O) groups is 3. The highest BCUT2D eigenvalue weighted by molar-refractivity contribution is 6.05. The molecule has 0 atom stereocenters. The van der Waals surface area contributed by atoms with E-state index >= 15 is 0 Å². The molecule has 1 aliphatic rings. The molecule has 0 unspecified atom stereocenters. The van der Waals surface area contributed by atoms with Crippen molar-refractivity contribution in [1.29, 1.82) is 0 Å². The summed E-state index contributed by atoms with van der Waals surface area (Å²) < 4.78 is 0. The molecule has 0 aliphatic carbocycles. The first-order valence-electron chi connectivity index (χ1n) is 6.68. The number of carboxylic acid groups (broad SMARTS) is 1. The maximum absolute atomic E-state index is 12.0. The van der Waals surface area contributed by atoms with Crippen LogP contribution < -0.4 is 10.6 Å². The first kappa shape index (κ1) is 15.0. The van der Waals surface area contributed by atoms with E-state index in [0.29, 0.717) is 13.1 Å². The average Bonchev–Trinajstić information content (AvgIpc) is 2.53. The van der Waals surface area contributed by atoms with Gasteiger partial charge in [-0.25, -0.2) is 4.79 Å². The van der Waals surface area contributed by atoms with Crippen LogP contribution in [0, 0.1) is 0 Å². The van der Waals surface area contributed by atoms with Crippen LogP contribution in [0.5, 0.6) is 0 Å². The second-order valence-corrected chi connectivity index (χ2v) is 4.66. The molecule has 7 nitrogen and oxygen atoms in total. The normalized spacial score (nSPS) is 14.6. The first-order valence-corrected chi connectivity index (χ1v) is 6.68. The van der Waals surface area contributed by atoms with Crippen LogP contribution in [0.15, 0.2) is 24.3 Å². The average molecular weight is 291 g/mol. The SMILES string of the molecule is O=C(O)c1ccccc1C(=O)NCC(=O)N1CCNCC1. The second-order valence-electron chi connectivity index (χ2n) is 4.66. The molecule has 2 amide bonds. The van der Waals surface area contributed by atoms with Gasteiger partial charge in [0, 0.05) is 26.2 Å². The predicted octanol–water partition coefficient (Wildman–Crippen LogP) is -0.454. The minimum atomic E-state index is -1.17. The van der Waals surface area contributed by atoms with Crippen LogP contribution in [0.1, 0.15) is 20.7 Å². The van der Waals surface area contributed by atoms with Crippen molar-refractivity contribution < 1.29 is 19.5 Å². The summed E-state index contributed by atoms with van der Waals surface area (Å²) in [4.78, 5) is 36.6. The van der Waals surface area contributed by atoms with Crippen molar-refractivity contribution in [3.05, 3.63) is 35.4 Å². The third kappa shape index (κ3) is 3.79. The number of amides is 2. The fourth-order valence-corrected chi connectivity index (χ4v) is 2.14. The van der Waals surface area contributed by atoms with Gasteiger partial charge in [-0.2, -0.15) is 0 Å². The molecule has 21 heavy (non-hydrogen) atoms. The summed E-state index contributed by atoms with van der Waals surface area (Å²) in [6.45, 7) is 2.57. The minimum absolute atomic E-state index is 0.0538. The lowest BCUT2D eigenvalue weighted by atomic mass is 10.1. The van der Waals surface area contributed by atoms with E-state index in [1.807, 2.05) is 0 Å². The van der Waals surface area contributed by atoms with Gasteiger partial charge < -0.3 is 20.6 Å². The van der Waals surface area contributed by atoms with E-state index in [2.05, 4.69) is 10.6 Å². The predicted molar refractivity (Wildman–Crippen MR) is 75.2 cm³/mol. The lowest BCUT2D eigenvalue weighted by Gasteiger charge is -2.27. The highest BCUT2D eigenvalue weighted by atomic mass is 16.4. The lowest BCUT2D eigenvalue weighted by molar-refractivity contribution is -0.130. The molecule has 0 spiro atoms. The Hall–Kier alpha value is -2.41. The molecule has 1 heterocycles. The largest absolute Gasteiger partial charge is 0.478 e. The van der Waals surface area contributed by atoms with Crippen LogP contribution in [0.3, 0.4) is 0 Å². The van der Waals surface area contributed by atoms with Gasteiger partial charge in [-0.1, -0.05) is 12.1 Å². The summed E-state index contributed by atoms with van der Waals surface area (Å²) >= 11 is 0. The Labute approximate surface area is 121 Å². The molecule has 7 heteroatoms. The van der Waals surface area contributed by atoms with E-state index in [9.17, 15) is 14.4 Å². The Bertz CT molecular complexity index is 553. The molecule has 1 aromatic rings. The summed E-state index contributed by atoms with van der Waals surface area (Å²) in [6, 6.07) is 5.91. The first-order chi connectivity index (χ1) is 10.1. The molecule has 2 rings (SSSR count). The number of carbonyl (C=O) groups excluding carboxylic acids is 2. The van der Waals surface area contributed by atoms with E-state index in [1.54, 1.807) is 17.0 Å². The number of hydrogen-bond acceptors (Lipinski definition) is 4. The molecule has 1 aliphatic heterocycles. The molecule has 112 valence electrons. The third-order valence-electron chi connectivity index (χ3n) is 3.27. The summed E-state index contributed by atoms with van der Waals surface area (Å²) in [6.07, 6.45) is 0. The molecule has 0 radical (unpaired) electrons. The van der Waals surface area contributed by atoms with Crippen LogP contribution in [-0.2, 0) is 4.79 Å². The Morgan fingerprint density at radius 1 is 1.14 bits per heavy atom. The summed E-state index contributed by atoms with van der Waals surface area (Å²) in [5.41, 5.74) is -0.0252. The molecule has 3 N–H and O–H groups in total. The van der Waals surface area contributed by atoms with Crippen LogP contribution in [0.25, 0.3) is 0 Å². The molecule has 1 fully saturated rings. The number of aromatic carboxylic acids is 1. The summed E-state index contributed by atoms with van der Waals surface area (Å²) in [5, 5.41) is 14.6. The van der Waals surface area contributed by atoms with Gasteiger partial charge in [0.1, 0.15) is 0 Å². The van der Waals surface area contributed by atoms with E-state index in [0.717, 1.165) is 13.1 Å². The van der Waals surface area contributed by atoms with Crippen LogP contribution in [0.4, 0.5) is 0 Å². The van der Waals surface area contributed by atoms with E-state index in [-0.39, 0.29) is 23.6 Å². The summed E-state index contributed by atoms with van der Waals surface area (Å²) in [5.74, 6) is -1.90. The summed E-state index contributed by atoms with van der Waals surface area (Å²) in [7, 11) is 0. The maximum atomic E-state index is 12.0. The van der Waals surface area contributed by atoms with Crippen molar-refractivity contribution in [2.45, 2.75) is 0 Å². The number of hydrogen-bond donors (Lipinski definition) is 3. The Kier molecular flexibility index (Phi) is 4.89. The van der Waals surface area contributed by atoms with Crippen LogP contribution in [0.2, 0.25) is 0 Å². The lowest BCUT2D eigenvalue weighted by Crippen LogP contribution is -2.49. The number of benzene rings is 1. The fourth-order valence-electron chi connectivity index (χ4n) is 2.14. The van der Waals surface area contributed by atoms with Gasteiger partial charge in [-0.15, -0.1) is 0 Å². The zero-order chi connectivity index (χ0) is 15.2. The molecule has 0 aromatic heterocycles. The van der Waals surface area contributed by atoms with Gasteiger partial charge in [0.2, 0.25) is 5.91 Å². The van der Waals surface area contributed by atoms with Gasteiger partial charge in [-0.05, 0) is 12.1 Å². The van der Waals surface area contributed by atoms with Crippen molar-refractivity contribution in [3.63, 3.8) is 0 Å². The van der Waals surface area contributed by atoms with Crippen LogP contribution >= 0.6 is 0 Å². The van der Waals surface area contributed by atoms with Crippen molar-refractivity contribution in [2.24, 2.45) is 0 Å².